The van der Waals surface area contributed by atoms with Gasteiger partial charge in [0.15, 0.2) is 0 Å². The van der Waals surface area contributed by atoms with Crippen LogP contribution in [0.15, 0.2) is 0 Å². The average Bonchev–Trinajstić information content (AvgIpc) is 2.61. The van der Waals surface area contributed by atoms with Crippen molar-refractivity contribution < 1.29 is 14.3 Å². The van der Waals surface area contributed by atoms with Crippen molar-refractivity contribution in [2.75, 3.05) is 19.7 Å². The molecule has 2 aliphatic rings. The minimum absolute atomic E-state index is 0.0900. The van der Waals surface area contributed by atoms with E-state index in [0.29, 0.717) is 13.1 Å². The molecule has 0 aliphatic carbocycles. The SMILES string of the molecule is NC[C@H]1CN(C2CCCCO2)C(=O)O1. The summed E-state index contributed by atoms with van der Waals surface area (Å²) in [7, 11) is 0. The predicted molar refractivity (Wildman–Crippen MR) is 49.6 cm³/mol. The first kappa shape index (κ1) is 9.73. The van der Waals surface area contributed by atoms with E-state index in [1.165, 1.54) is 0 Å². The highest BCUT2D eigenvalue weighted by Crippen LogP contribution is 2.21. The number of hydrogen-bond acceptors (Lipinski definition) is 4. The monoisotopic (exact) mass is 200 g/mol. The second-order valence-corrected chi connectivity index (χ2v) is 3.72. The summed E-state index contributed by atoms with van der Waals surface area (Å²) in [5.74, 6) is 0. The first-order valence-corrected chi connectivity index (χ1v) is 5.10. The summed E-state index contributed by atoms with van der Waals surface area (Å²) in [5.41, 5.74) is 5.44. The second-order valence-electron chi connectivity index (χ2n) is 3.72. The quantitative estimate of drug-likeness (QED) is 0.696. The van der Waals surface area contributed by atoms with E-state index in [0.717, 1.165) is 25.9 Å². The molecule has 80 valence electrons. The van der Waals surface area contributed by atoms with Crippen molar-refractivity contribution in [1.29, 1.82) is 0 Å². The molecule has 0 bridgehead atoms. The molecule has 0 aromatic rings. The number of carbonyl (C=O) groups is 1. The molecule has 5 heteroatoms. The lowest BCUT2D eigenvalue weighted by molar-refractivity contribution is -0.0608. The van der Waals surface area contributed by atoms with Crippen molar-refractivity contribution in [2.45, 2.75) is 31.6 Å². The van der Waals surface area contributed by atoms with Crippen LogP contribution in [0.1, 0.15) is 19.3 Å². The Morgan fingerprint density at radius 3 is 2.93 bits per heavy atom. The number of rotatable bonds is 2. The summed E-state index contributed by atoms with van der Waals surface area (Å²) in [5, 5.41) is 0. The van der Waals surface area contributed by atoms with Gasteiger partial charge in [-0.05, 0) is 19.3 Å². The molecular formula is C9H16N2O3. The van der Waals surface area contributed by atoms with Gasteiger partial charge >= 0.3 is 6.09 Å². The van der Waals surface area contributed by atoms with Gasteiger partial charge < -0.3 is 15.2 Å². The Morgan fingerprint density at radius 1 is 1.50 bits per heavy atom. The molecule has 2 heterocycles. The highest BCUT2D eigenvalue weighted by Gasteiger charge is 2.36. The molecule has 2 aliphatic heterocycles. The summed E-state index contributed by atoms with van der Waals surface area (Å²) in [6.07, 6.45) is 2.57. The van der Waals surface area contributed by atoms with Gasteiger partial charge in [0.05, 0.1) is 6.54 Å². The molecule has 0 spiro atoms. The fraction of sp³-hybridized carbons (Fsp3) is 0.889. The van der Waals surface area contributed by atoms with Crippen LogP contribution in [-0.2, 0) is 9.47 Å². The topological polar surface area (TPSA) is 64.8 Å². The maximum atomic E-state index is 11.4. The number of cyclic esters (lactones) is 1. The lowest BCUT2D eigenvalue weighted by Gasteiger charge is -2.29. The molecular weight excluding hydrogens is 184 g/mol. The summed E-state index contributed by atoms with van der Waals surface area (Å²) < 4.78 is 10.6. The van der Waals surface area contributed by atoms with Crippen LogP contribution in [-0.4, -0.2) is 43.0 Å². The van der Waals surface area contributed by atoms with Gasteiger partial charge in [0.1, 0.15) is 12.3 Å². The molecule has 0 radical (unpaired) electrons. The molecule has 2 fully saturated rings. The van der Waals surface area contributed by atoms with Crippen LogP contribution in [0.5, 0.6) is 0 Å². The van der Waals surface area contributed by atoms with Gasteiger partial charge in [0, 0.05) is 13.2 Å². The number of hydrogen-bond donors (Lipinski definition) is 1. The molecule has 0 saturated carbocycles. The summed E-state index contributed by atoms with van der Waals surface area (Å²) in [4.78, 5) is 13.1. The fourth-order valence-corrected chi connectivity index (χ4v) is 1.87. The highest BCUT2D eigenvalue weighted by atomic mass is 16.6. The third kappa shape index (κ3) is 1.83. The van der Waals surface area contributed by atoms with Gasteiger partial charge in [0.2, 0.25) is 0 Å². The van der Waals surface area contributed by atoms with Crippen LogP contribution in [0.25, 0.3) is 0 Å². The van der Waals surface area contributed by atoms with E-state index < -0.39 is 0 Å². The Morgan fingerprint density at radius 2 is 2.36 bits per heavy atom. The van der Waals surface area contributed by atoms with E-state index in [9.17, 15) is 4.79 Å². The van der Waals surface area contributed by atoms with E-state index in [1.807, 2.05) is 0 Å². The van der Waals surface area contributed by atoms with Crippen LogP contribution in [0.4, 0.5) is 4.79 Å². The number of carbonyl (C=O) groups excluding carboxylic acids is 1. The third-order valence-corrected chi connectivity index (χ3v) is 2.67. The maximum absolute atomic E-state index is 11.4. The Labute approximate surface area is 83.1 Å². The van der Waals surface area contributed by atoms with Gasteiger partial charge in [-0.2, -0.15) is 0 Å². The molecule has 2 rings (SSSR count). The van der Waals surface area contributed by atoms with Crippen LogP contribution < -0.4 is 5.73 Å². The number of nitrogens with zero attached hydrogens (tertiary/aromatic N) is 1. The van der Waals surface area contributed by atoms with Crippen molar-refractivity contribution in [1.82, 2.24) is 4.90 Å². The normalized spacial score (nSPS) is 33.2. The minimum atomic E-state index is -0.285. The van der Waals surface area contributed by atoms with Crippen molar-refractivity contribution in [3.05, 3.63) is 0 Å². The number of nitrogens with two attached hydrogens (primary N) is 1. The Bertz CT molecular complexity index is 216. The van der Waals surface area contributed by atoms with E-state index in [1.54, 1.807) is 4.90 Å². The zero-order valence-corrected chi connectivity index (χ0v) is 8.15. The van der Waals surface area contributed by atoms with Crippen LogP contribution in [0.3, 0.4) is 0 Å². The maximum Gasteiger partial charge on any atom is 0.412 e. The molecule has 5 nitrogen and oxygen atoms in total. The van der Waals surface area contributed by atoms with Crippen molar-refractivity contribution in [3.63, 3.8) is 0 Å². The van der Waals surface area contributed by atoms with Gasteiger partial charge in [-0.15, -0.1) is 0 Å². The standard InChI is InChI=1S/C9H16N2O3/c10-5-7-6-11(9(12)14-7)8-3-1-2-4-13-8/h7-8H,1-6,10H2/t7-,8?/m0/s1. The van der Waals surface area contributed by atoms with Gasteiger partial charge in [-0.1, -0.05) is 0 Å². The third-order valence-electron chi connectivity index (χ3n) is 2.67. The molecule has 2 saturated heterocycles. The first-order chi connectivity index (χ1) is 6.81. The molecule has 14 heavy (non-hydrogen) atoms. The van der Waals surface area contributed by atoms with Crippen molar-refractivity contribution >= 4 is 6.09 Å². The summed E-state index contributed by atoms with van der Waals surface area (Å²) in [6.45, 7) is 1.69. The van der Waals surface area contributed by atoms with Gasteiger partial charge in [-0.3, -0.25) is 4.90 Å². The average molecular weight is 200 g/mol. The van der Waals surface area contributed by atoms with E-state index >= 15 is 0 Å². The molecule has 2 atom stereocenters. The predicted octanol–water partition coefficient (Wildman–Crippen LogP) is 0.292. The molecule has 1 amide bonds. The molecule has 0 aromatic carbocycles. The minimum Gasteiger partial charge on any atom is -0.443 e. The summed E-state index contributed by atoms with van der Waals surface area (Å²) in [6, 6.07) is 0. The summed E-state index contributed by atoms with van der Waals surface area (Å²) >= 11 is 0. The van der Waals surface area contributed by atoms with Crippen LogP contribution in [0.2, 0.25) is 0 Å². The zero-order chi connectivity index (χ0) is 9.97. The second kappa shape index (κ2) is 4.14. The van der Waals surface area contributed by atoms with Crippen molar-refractivity contribution in [3.8, 4) is 0 Å². The largest absolute Gasteiger partial charge is 0.443 e. The van der Waals surface area contributed by atoms with Crippen molar-refractivity contribution in [2.24, 2.45) is 5.73 Å². The number of amides is 1. The first-order valence-electron chi connectivity index (χ1n) is 5.10. The Hall–Kier alpha value is -0.810. The fourth-order valence-electron chi connectivity index (χ4n) is 1.87. The lowest BCUT2D eigenvalue weighted by Crippen LogP contribution is -2.40. The Kier molecular flexibility index (Phi) is 2.88. The van der Waals surface area contributed by atoms with Gasteiger partial charge in [-0.25, -0.2) is 4.79 Å². The van der Waals surface area contributed by atoms with Gasteiger partial charge in [0.25, 0.3) is 0 Å². The molecule has 2 N–H and O–H groups in total. The lowest BCUT2D eigenvalue weighted by atomic mass is 10.1. The smallest absolute Gasteiger partial charge is 0.412 e. The van der Waals surface area contributed by atoms with E-state index in [2.05, 4.69) is 0 Å². The van der Waals surface area contributed by atoms with Crippen LogP contribution >= 0.6 is 0 Å². The number of ether oxygens (including phenoxy) is 2. The van der Waals surface area contributed by atoms with E-state index in [-0.39, 0.29) is 18.4 Å². The highest BCUT2D eigenvalue weighted by molar-refractivity contribution is 5.70. The molecule has 0 aromatic heterocycles. The zero-order valence-electron chi connectivity index (χ0n) is 8.15. The van der Waals surface area contributed by atoms with Crippen LogP contribution in [0, 0.1) is 0 Å². The molecule has 1 unspecified atom stereocenters. The Balaban J connectivity index is 1.93. The van der Waals surface area contributed by atoms with E-state index in [4.69, 9.17) is 15.2 Å².